The number of fused-ring (bicyclic) bond motifs is 2. The van der Waals surface area contributed by atoms with Crippen molar-refractivity contribution in [1.82, 2.24) is 9.66 Å². The number of para-hydroxylation sites is 2. The van der Waals surface area contributed by atoms with Crippen LogP contribution in [0.25, 0.3) is 11.0 Å². The van der Waals surface area contributed by atoms with Crippen molar-refractivity contribution < 1.29 is 9.59 Å². The van der Waals surface area contributed by atoms with Crippen LogP contribution in [0.5, 0.6) is 0 Å². The molecule has 0 spiro atoms. The molecule has 0 radical (unpaired) electrons. The molecule has 3 aromatic rings. The van der Waals surface area contributed by atoms with Crippen LogP contribution in [-0.4, -0.2) is 21.5 Å². The van der Waals surface area contributed by atoms with E-state index in [9.17, 15) is 9.59 Å². The van der Waals surface area contributed by atoms with Gasteiger partial charge in [-0.25, -0.2) is 9.66 Å². The Kier molecular flexibility index (Phi) is 3.46. The van der Waals surface area contributed by atoms with Crippen molar-refractivity contribution in [1.29, 1.82) is 0 Å². The Bertz CT molecular complexity index is 966. The van der Waals surface area contributed by atoms with Gasteiger partial charge in [0.05, 0.1) is 17.0 Å². The smallest absolute Gasteiger partial charge is 0.239 e. The maximum absolute atomic E-state index is 12.4. The summed E-state index contributed by atoms with van der Waals surface area (Å²) in [7, 11) is 0. The topological polar surface area (TPSA) is 76.0 Å². The molecule has 7 heteroatoms. The Hall–Kier alpha value is -2.86. The summed E-state index contributed by atoms with van der Waals surface area (Å²) in [6.07, 6.45) is 1.58. The van der Waals surface area contributed by atoms with Crippen LogP contribution in [0.3, 0.4) is 0 Å². The van der Waals surface area contributed by atoms with Gasteiger partial charge in [-0.1, -0.05) is 23.7 Å². The van der Waals surface area contributed by atoms with Crippen molar-refractivity contribution in [3.8, 4) is 0 Å². The van der Waals surface area contributed by atoms with E-state index in [-0.39, 0.29) is 18.2 Å². The lowest BCUT2D eigenvalue weighted by molar-refractivity contribution is -0.122. The number of amides is 2. The van der Waals surface area contributed by atoms with Crippen LogP contribution in [0, 0.1) is 0 Å². The second-order valence-corrected chi connectivity index (χ2v) is 6.05. The molecule has 24 heavy (non-hydrogen) atoms. The fourth-order valence-corrected chi connectivity index (χ4v) is 3.09. The summed E-state index contributed by atoms with van der Waals surface area (Å²) < 4.78 is 1.56. The number of anilines is 1. The van der Waals surface area contributed by atoms with Gasteiger partial charge >= 0.3 is 0 Å². The molecule has 2 N–H and O–H groups in total. The van der Waals surface area contributed by atoms with E-state index in [1.54, 1.807) is 29.2 Å². The maximum Gasteiger partial charge on any atom is 0.239 e. The zero-order chi connectivity index (χ0) is 16.7. The molecule has 0 fully saturated rings. The van der Waals surface area contributed by atoms with E-state index in [4.69, 9.17) is 11.6 Å². The van der Waals surface area contributed by atoms with Crippen molar-refractivity contribution in [3.63, 3.8) is 0 Å². The first-order chi connectivity index (χ1) is 11.6. The van der Waals surface area contributed by atoms with Crippen LogP contribution in [0.2, 0.25) is 5.02 Å². The predicted octanol–water partition coefficient (Wildman–Crippen LogP) is 2.89. The summed E-state index contributed by atoms with van der Waals surface area (Å²) in [6.45, 7) is 0. The molecule has 0 aliphatic carbocycles. The average Bonchev–Trinajstić information content (AvgIpc) is 3.10. The number of aromatic nitrogens is 2. The molecular weight excluding hydrogens is 328 g/mol. The van der Waals surface area contributed by atoms with E-state index in [0.29, 0.717) is 10.7 Å². The molecule has 1 aliphatic heterocycles. The van der Waals surface area contributed by atoms with Crippen LogP contribution in [0.4, 0.5) is 5.69 Å². The first-order valence-corrected chi connectivity index (χ1v) is 7.82. The largest absolute Gasteiger partial charge is 0.325 e. The molecule has 2 aromatic carbocycles. The van der Waals surface area contributed by atoms with Crippen molar-refractivity contribution >= 4 is 40.1 Å². The van der Waals surface area contributed by atoms with E-state index in [0.717, 1.165) is 16.6 Å². The molecule has 1 atom stereocenters. The number of rotatable bonds is 3. The summed E-state index contributed by atoms with van der Waals surface area (Å²) in [4.78, 5) is 28.7. The first-order valence-electron chi connectivity index (χ1n) is 7.44. The van der Waals surface area contributed by atoms with Gasteiger partial charge in [-0.15, -0.1) is 0 Å². The molecule has 6 nitrogen and oxygen atoms in total. The summed E-state index contributed by atoms with van der Waals surface area (Å²) in [5.41, 5.74) is 5.79. The van der Waals surface area contributed by atoms with E-state index in [1.165, 1.54) is 0 Å². The number of benzene rings is 2. The van der Waals surface area contributed by atoms with Crippen LogP contribution in [-0.2, 0) is 9.59 Å². The number of carbonyl (C=O) groups excluding carboxylic acids is 2. The fourth-order valence-electron chi connectivity index (χ4n) is 2.91. The highest BCUT2D eigenvalue weighted by Gasteiger charge is 2.32. The van der Waals surface area contributed by atoms with Gasteiger partial charge in [0.2, 0.25) is 11.8 Å². The normalized spacial score (nSPS) is 16.0. The Morgan fingerprint density at radius 3 is 3.00 bits per heavy atom. The van der Waals surface area contributed by atoms with Gasteiger partial charge in [0.1, 0.15) is 6.33 Å². The van der Waals surface area contributed by atoms with Crippen molar-refractivity contribution in [2.45, 2.75) is 12.3 Å². The number of nitrogens with zero attached hydrogens (tertiary/aromatic N) is 2. The van der Waals surface area contributed by atoms with Gasteiger partial charge in [-0.05, 0) is 35.9 Å². The van der Waals surface area contributed by atoms with Gasteiger partial charge in [0, 0.05) is 17.1 Å². The molecule has 4 rings (SSSR count). The van der Waals surface area contributed by atoms with Crippen molar-refractivity contribution in [2.75, 3.05) is 10.7 Å². The third kappa shape index (κ3) is 2.51. The van der Waals surface area contributed by atoms with Crippen LogP contribution in [0.1, 0.15) is 17.9 Å². The number of hydrogen-bond acceptors (Lipinski definition) is 3. The second-order valence-electron chi connectivity index (χ2n) is 5.62. The van der Waals surface area contributed by atoms with Crippen LogP contribution < -0.4 is 10.7 Å². The summed E-state index contributed by atoms with van der Waals surface area (Å²) in [6, 6.07) is 12.7. The van der Waals surface area contributed by atoms with Gasteiger partial charge in [-0.3, -0.25) is 15.0 Å². The van der Waals surface area contributed by atoms with Gasteiger partial charge in [0.15, 0.2) is 0 Å². The molecule has 0 saturated heterocycles. The monoisotopic (exact) mass is 340 g/mol. The summed E-state index contributed by atoms with van der Waals surface area (Å²) >= 11 is 6.00. The maximum atomic E-state index is 12.4. The zero-order valence-corrected chi connectivity index (χ0v) is 13.2. The van der Waals surface area contributed by atoms with Gasteiger partial charge in [-0.2, -0.15) is 0 Å². The van der Waals surface area contributed by atoms with Crippen LogP contribution >= 0.6 is 11.6 Å². The van der Waals surface area contributed by atoms with Crippen LogP contribution in [0.15, 0.2) is 48.8 Å². The molecule has 120 valence electrons. The minimum atomic E-state index is -0.548. The molecule has 0 saturated carbocycles. The third-order valence-corrected chi connectivity index (χ3v) is 4.29. The number of imidazole rings is 1. The Balaban J connectivity index is 1.55. The summed E-state index contributed by atoms with van der Waals surface area (Å²) in [5.74, 6) is -1.02. The number of halogens is 1. The quantitative estimate of drug-likeness (QED) is 0.769. The SMILES string of the molecule is O=C(CC1C(=O)Nc2ccc(Cl)cc21)Nn1cnc2ccccc21. The predicted molar refractivity (Wildman–Crippen MR) is 91.5 cm³/mol. The lowest BCUT2D eigenvalue weighted by atomic mass is 9.97. The molecule has 2 heterocycles. The van der Waals surface area contributed by atoms with Crippen molar-refractivity contribution in [3.05, 3.63) is 59.4 Å². The first kappa shape index (κ1) is 14.7. The minimum absolute atomic E-state index is 0.0334. The van der Waals surface area contributed by atoms with Gasteiger partial charge < -0.3 is 5.32 Å². The standard InChI is InChI=1S/C17H13ClN4O2/c18-10-5-6-13-11(7-10)12(17(24)20-13)8-16(23)21-22-9-19-14-3-1-2-4-15(14)22/h1-7,9,12H,8H2,(H,20,24)(H,21,23). The van der Waals surface area contributed by atoms with Gasteiger partial charge in [0.25, 0.3) is 0 Å². The summed E-state index contributed by atoms with van der Waals surface area (Å²) in [5, 5.41) is 3.31. The number of carbonyl (C=O) groups is 2. The Labute approximate surface area is 142 Å². The second kappa shape index (κ2) is 5.65. The molecule has 2 amide bonds. The highest BCUT2D eigenvalue weighted by molar-refractivity contribution is 6.31. The van der Waals surface area contributed by atoms with E-state index in [2.05, 4.69) is 15.7 Å². The molecular formula is C17H13ClN4O2. The number of nitrogens with one attached hydrogen (secondary N) is 2. The Morgan fingerprint density at radius 2 is 2.12 bits per heavy atom. The highest BCUT2D eigenvalue weighted by atomic mass is 35.5. The molecule has 1 aromatic heterocycles. The fraction of sp³-hybridized carbons (Fsp3) is 0.118. The van der Waals surface area contributed by atoms with E-state index < -0.39 is 5.92 Å². The molecule has 0 bridgehead atoms. The highest BCUT2D eigenvalue weighted by Crippen LogP contribution is 2.36. The van der Waals surface area contributed by atoms with E-state index in [1.807, 2.05) is 24.3 Å². The number of hydrogen-bond donors (Lipinski definition) is 2. The third-order valence-electron chi connectivity index (χ3n) is 4.05. The van der Waals surface area contributed by atoms with E-state index >= 15 is 0 Å². The zero-order valence-electron chi connectivity index (χ0n) is 12.5. The lowest BCUT2D eigenvalue weighted by Crippen LogP contribution is -2.25. The Morgan fingerprint density at radius 1 is 1.29 bits per heavy atom. The van der Waals surface area contributed by atoms with Crippen molar-refractivity contribution in [2.24, 2.45) is 0 Å². The lowest BCUT2D eigenvalue weighted by Gasteiger charge is -2.11. The average molecular weight is 341 g/mol. The minimum Gasteiger partial charge on any atom is -0.325 e. The molecule has 1 aliphatic rings. The molecule has 1 unspecified atom stereocenters.